The van der Waals surface area contributed by atoms with Gasteiger partial charge in [-0.25, -0.2) is 4.79 Å². The van der Waals surface area contributed by atoms with E-state index in [9.17, 15) is 4.79 Å². The first-order chi connectivity index (χ1) is 11.0. The SMILES string of the molecule is CC(C)C(CNC(=O)Nc1ccc(Cl)c(Cl)c1)N1CCOCC1. The van der Waals surface area contributed by atoms with Crippen molar-refractivity contribution in [1.82, 2.24) is 10.2 Å². The Morgan fingerprint density at radius 3 is 2.57 bits per heavy atom. The number of urea groups is 1. The van der Waals surface area contributed by atoms with Gasteiger partial charge in [-0.3, -0.25) is 4.90 Å². The van der Waals surface area contributed by atoms with Gasteiger partial charge >= 0.3 is 6.03 Å². The molecule has 1 aromatic carbocycles. The van der Waals surface area contributed by atoms with Crippen molar-refractivity contribution >= 4 is 34.9 Å². The molecule has 0 spiro atoms. The lowest BCUT2D eigenvalue weighted by molar-refractivity contribution is 0.00728. The second-order valence-electron chi connectivity index (χ2n) is 5.92. The van der Waals surface area contributed by atoms with Crippen LogP contribution in [0.25, 0.3) is 0 Å². The van der Waals surface area contributed by atoms with Gasteiger partial charge in [0.25, 0.3) is 0 Å². The first-order valence-electron chi connectivity index (χ1n) is 7.79. The molecule has 128 valence electrons. The highest BCUT2D eigenvalue weighted by Crippen LogP contribution is 2.24. The molecule has 23 heavy (non-hydrogen) atoms. The molecule has 1 aromatic rings. The molecule has 0 aromatic heterocycles. The van der Waals surface area contributed by atoms with Crippen molar-refractivity contribution in [3.63, 3.8) is 0 Å². The molecule has 2 N–H and O–H groups in total. The number of benzene rings is 1. The third-order valence-corrected chi connectivity index (χ3v) is 4.67. The molecule has 1 atom stereocenters. The smallest absolute Gasteiger partial charge is 0.319 e. The minimum absolute atomic E-state index is 0.248. The number of anilines is 1. The Morgan fingerprint density at radius 2 is 1.96 bits per heavy atom. The van der Waals surface area contributed by atoms with Crippen LogP contribution in [-0.4, -0.2) is 49.8 Å². The van der Waals surface area contributed by atoms with E-state index in [4.69, 9.17) is 27.9 Å². The molecule has 1 aliphatic heterocycles. The van der Waals surface area contributed by atoms with Crippen LogP contribution in [0.15, 0.2) is 18.2 Å². The summed E-state index contributed by atoms with van der Waals surface area (Å²) in [7, 11) is 0. The molecule has 2 amide bonds. The number of halogens is 2. The summed E-state index contributed by atoms with van der Waals surface area (Å²) in [6.07, 6.45) is 0. The van der Waals surface area contributed by atoms with E-state index in [-0.39, 0.29) is 6.03 Å². The molecule has 0 saturated carbocycles. The fourth-order valence-electron chi connectivity index (χ4n) is 2.64. The van der Waals surface area contributed by atoms with Crippen LogP contribution in [0, 0.1) is 5.92 Å². The maximum absolute atomic E-state index is 12.1. The van der Waals surface area contributed by atoms with Crippen LogP contribution < -0.4 is 10.6 Å². The van der Waals surface area contributed by atoms with Gasteiger partial charge in [-0.15, -0.1) is 0 Å². The van der Waals surface area contributed by atoms with E-state index in [1.165, 1.54) is 0 Å². The first kappa shape index (κ1) is 18.3. The fraction of sp³-hybridized carbons (Fsp3) is 0.562. The van der Waals surface area contributed by atoms with Gasteiger partial charge < -0.3 is 15.4 Å². The quantitative estimate of drug-likeness (QED) is 0.846. The maximum atomic E-state index is 12.1. The van der Waals surface area contributed by atoms with E-state index >= 15 is 0 Å². The van der Waals surface area contributed by atoms with Gasteiger partial charge in [-0.1, -0.05) is 37.0 Å². The van der Waals surface area contributed by atoms with Crippen LogP contribution >= 0.6 is 23.2 Å². The Kier molecular flexibility index (Phi) is 6.96. The fourth-order valence-corrected chi connectivity index (χ4v) is 2.94. The number of rotatable bonds is 5. The summed E-state index contributed by atoms with van der Waals surface area (Å²) in [6.45, 7) is 8.22. The second-order valence-corrected chi connectivity index (χ2v) is 6.74. The molecule has 1 heterocycles. The summed E-state index contributed by atoms with van der Waals surface area (Å²) in [5, 5.41) is 6.58. The van der Waals surface area contributed by atoms with Crippen LogP contribution in [0.2, 0.25) is 10.0 Å². The number of hydrogen-bond acceptors (Lipinski definition) is 3. The largest absolute Gasteiger partial charge is 0.379 e. The Bertz CT molecular complexity index is 534. The normalized spacial score (nSPS) is 17.1. The molecule has 1 aliphatic rings. The minimum atomic E-state index is -0.248. The van der Waals surface area contributed by atoms with Gasteiger partial charge in [0.05, 0.1) is 23.3 Å². The van der Waals surface area contributed by atoms with Gasteiger partial charge in [0, 0.05) is 31.4 Å². The molecule has 0 bridgehead atoms. The molecular formula is C16H23Cl2N3O2. The lowest BCUT2D eigenvalue weighted by atomic mass is 10.0. The van der Waals surface area contributed by atoms with Gasteiger partial charge in [0.15, 0.2) is 0 Å². The molecule has 0 radical (unpaired) electrons. The maximum Gasteiger partial charge on any atom is 0.319 e. The van der Waals surface area contributed by atoms with Crippen molar-refractivity contribution in [3.05, 3.63) is 28.2 Å². The van der Waals surface area contributed by atoms with Gasteiger partial charge in [-0.2, -0.15) is 0 Å². The predicted molar refractivity (Wildman–Crippen MR) is 94.5 cm³/mol. The van der Waals surface area contributed by atoms with Gasteiger partial charge in [0.1, 0.15) is 0 Å². The monoisotopic (exact) mass is 359 g/mol. The molecule has 1 unspecified atom stereocenters. The van der Waals surface area contributed by atoms with Crippen LogP contribution in [0.1, 0.15) is 13.8 Å². The third-order valence-electron chi connectivity index (χ3n) is 3.93. The zero-order valence-corrected chi connectivity index (χ0v) is 15.0. The number of hydrogen-bond donors (Lipinski definition) is 2. The van der Waals surface area contributed by atoms with Crippen molar-refractivity contribution in [3.8, 4) is 0 Å². The number of carbonyl (C=O) groups is 1. The highest BCUT2D eigenvalue weighted by molar-refractivity contribution is 6.42. The molecular weight excluding hydrogens is 337 g/mol. The van der Waals surface area contributed by atoms with E-state index in [0.717, 1.165) is 26.3 Å². The number of ether oxygens (including phenoxy) is 1. The Balaban J connectivity index is 1.86. The summed E-state index contributed by atoms with van der Waals surface area (Å²) in [5.41, 5.74) is 0.615. The summed E-state index contributed by atoms with van der Waals surface area (Å²) in [5.74, 6) is 0.443. The number of carbonyl (C=O) groups excluding carboxylic acids is 1. The average Bonchev–Trinajstić information content (AvgIpc) is 2.52. The zero-order valence-electron chi connectivity index (χ0n) is 13.4. The summed E-state index contributed by atoms with van der Waals surface area (Å²) in [4.78, 5) is 14.4. The van der Waals surface area contributed by atoms with Gasteiger partial charge in [0.2, 0.25) is 0 Å². The summed E-state index contributed by atoms with van der Waals surface area (Å²) in [6, 6.07) is 5.05. The first-order valence-corrected chi connectivity index (χ1v) is 8.54. The molecule has 1 saturated heterocycles. The Labute approximate surface area is 147 Å². The minimum Gasteiger partial charge on any atom is -0.379 e. The van der Waals surface area contributed by atoms with Crippen LogP contribution in [0.3, 0.4) is 0 Å². The lowest BCUT2D eigenvalue weighted by Crippen LogP contribution is -2.51. The van der Waals surface area contributed by atoms with E-state index < -0.39 is 0 Å². The highest BCUT2D eigenvalue weighted by Gasteiger charge is 2.24. The zero-order chi connectivity index (χ0) is 16.8. The molecule has 7 heteroatoms. The van der Waals surface area contributed by atoms with Crippen molar-refractivity contribution in [2.24, 2.45) is 5.92 Å². The lowest BCUT2D eigenvalue weighted by Gasteiger charge is -2.36. The van der Waals surface area contributed by atoms with Crippen molar-refractivity contribution in [2.45, 2.75) is 19.9 Å². The standard InChI is InChI=1S/C16H23Cl2N3O2/c1-11(2)15(21-5-7-23-8-6-21)10-19-16(22)20-12-3-4-13(17)14(18)9-12/h3-4,9,11,15H,5-8,10H2,1-2H3,(H2,19,20,22). The predicted octanol–water partition coefficient (Wildman–Crippen LogP) is 3.47. The highest BCUT2D eigenvalue weighted by atomic mass is 35.5. The number of morpholine rings is 1. The van der Waals surface area contributed by atoms with Crippen molar-refractivity contribution < 1.29 is 9.53 Å². The van der Waals surface area contributed by atoms with E-state index in [1.807, 2.05) is 0 Å². The number of amides is 2. The number of nitrogens with one attached hydrogen (secondary N) is 2. The van der Waals surface area contributed by atoms with Gasteiger partial charge in [-0.05, 0) is 24.1 Å². The Morgan fingerprint density at radius 1 is 1.26 bits per heavy atom. The second kappa shape index (κ2) is 8.73. The topological polar surface area (TPSA) is 53.6 Å². The van der Waals surface area contributed by atoms with Crippen molar-refractivity contribution in [2.75, 3.05) is 38.2 Å². The van der Waals surface area contributed by atoms with E-state index in [0.29, 0.717) is 34.2 Å². The van der Waals surface area contributed by atoms with Crippen LogP contribution in [0.5, 0.6) is 0 Å². The average molecular weight is 360 g/mol. The summed E-state index contributed by atoms with van der Waals surface area (Å²) < 4.78 is 5.39. The molecule has 1 fully saturated rings. The summed E-state index contributed by atoms with van der Waals surface area (Å²) >= 11 is 11.8. The molecule has 5 nitrogen and oxygen atoms in total. The number of nitrogens with zero attached hydrogens (tertiary/aromatic N) is 1. The Hall–Kier alpha value is -1.01. The molecule has 0 aliphatic carbocycles. The van der Waals surface area contributed by atoms with Crippen LogP contribution in [0.4, 0.5) is 10.5 Å². The van der Waals surface area contributed by atoms with E-state index in [2.05, 4.69) is 29.4 Å². The van der Waals surface area contributed by atoms with Crippen LogP contribution in [-0.2, 0) is 4.74 Å². The third kappa shape index (κ3) is 5.53. The van der Waals surface area contributed by atoms with E-state index in [1.54, 1.807) is 18.2 Å². The van der Waals surface area contributed by atoms with Crippen molar-refractivity contribution in [1.29, 1.82) is 0 Å². The molecule has 2 rings (SSSR count).